The number of rotatable bonds is 5. The predicted molar refractivity (Wildman–Crippen MR) is 95.4 cm³/mol. The molecule has 0 unspecified atom stereocenters. The van der Waals surface area contributed by atoms with Crippen molar-refractivity contribution >= 4 is 33.6 Å². The first-order valence-corrected chi connectivity index (χ1v) is 9.66. The molecule has 2 amide bonds. The molecule has 1 heterocycles. The Kier molecular flexibility index (Phi) is 3.25. The fourth-order valence-corrected chi connectivity index (χ4v) is 5.35. The molecule has 4 aliphatic carbocycles. The van der Waals surface area contributed by atoms with E-state index in [1.807, 2.05) is 23.7 Å². The number of carbonyl (C=O) groups is 2. The minimum atomic E-state index is -0.987. The number of aromatic nitrogens is 1. The number of nitrogens with zero attached hydrogens (tertiary/aromatic N) is 1. The van der Waals surface area contributed by atoms with Crippen LogP contribution in [0.15, 0.2) is 23.7 Å². The smallest absolute Gasteiger partial charge is 0.405 e. The minimum absolute atomic E-state index is 0.0213. The quantitative estimate of drug-likeness (QED) is 0.748. The lowest BCUT2D eigenvalue weighted by atomic mass is 9.44. The first-order valence-electron chi connectivity index (χ1n) is 8.78. The molecule has 136 valence electrons. The van der Waals surface area contributed by atoms with Gasteiger partial charge in [0.2, 0.25) is 5.91 Å². The second kappa shape index (κ2) is 5.33. The Balaban J connectivity index is 1.12. The summed E-state index contributed by atoms with van der Waals surface area (Å²) >= 11 is 1.59. The van der Waals surface area contributed by atoms with Crippen LogP contribution in [0.1, 0.15) is 32.1 Å². The Morgan fingerprint density at radius 2 is 1.92 bits per heavy atom. The van der Waals surface area contributed by atoms with Gasteiger partial charge in [0.25, 0.3) is 0 Å². The molecule has 4 aliphatic rings. The van der Waals surface area contributed by atoms with Gasteiger partial charge in [-0.05, 0) is 44.2 Å². The molecule has 1 aromatic carbocycles. The van der Waals surface area contributed by atoms with Crippen molar-refractivity contribution in [2.75, 3.05) is 0 Å². The summed E-state index contributed by atoms with van der Waals surface area (Å²) in [6.45, 7) is 0. The molecule has 3 N–H and O–H groups in total. The van der Waals surface area contributed by atoms with Crippen LogP contribution in [0.5, 0.6) is 5.75 Å². The number of fused-ring (bicyclic) bond motifs is 1. The van der Waals surface area contributed by atoms with Crippen molar-refractivity contribution in [2.45, 2.75) is 49.3 Å². The average Bonchev–Trinajstić information content (AvgIpc) is 2.95. The van der Waals surface area contributed by atoms with E-state index < -0.39 is 6.09 Å². The fraction of sp³-hybridized carbons (Fsp3) is 0.500. The van der Waals surface area contributed by atoms with Crippen LogP contribution in [0.2, 0.25) is 0 Å². The van der Waals surface area contributed by atoms with Gasteiger partial charge in [0.05, 0.1) is 15.7 Å². The molecule has 4 saturated carbocycles. The molecule has 0 saturated heterocycles. The normalized spacial score (nSPS) is 34.2. The van der Waals surface area contributed by atoms with Crippen molar-refractivity contribution < 1.29 is 19.4 Å². The number of hydrogen-bond acceptors (Lipinski definition) is 5. The molecule has 6 rings (SSSR count). The maximum absolute atomic E-state index is 12.4. The maximum atomic E-state index is 12.4. The maximum Gasteiger partial charge on any atom is 0.405 e. The molecule has 0 aliphatic heterocycles. The van der Waals surface area contributed by atoms with Crippen LogP contribution < -0.4 is 15.4 Å². The molecule has 2 aromatic rings. The Labute approximate surface area is 153 Å². The summed E-state index contributed by atoms with van der Waals surface area (Å²) in [5, 5.41) is 14.5. The molecule has 0 radical (unpaired) electrons. The zero-order valence-electron chi connectivity index (χ0n) is 14.0. The monoisotopic (exact) mass is 373 g/mol. The third-order valence-corrected chi connectivity index (χ3v) is 6.67. The van der Waals surface area contributed by atoms with E-state index in [0.29, 0.717) is 32.1 Å². The zero-order valence-corrected chi connectivity index (χ0v) is 14.8. The van der Waals surface area contributed by atoms with Gasteiger partial charge < -0.3 is 20.5 Å². The van der Waals surface area contributed by atoms with E-state index >= 15 is 0 Å². The summed E-state index contributed by atoms with van der Waals surface area (Å²) < 4.78 is 7.13. The SMILES string of the molecule is O=C(O)NC12CC(NC(=O)C3CC(Oc4cccc5scnc45)C3)(C1)C2. The van der Waals surface area contributed by atoms with Gasteiger partial charge in [0, 0.05) is 11.5 Å². The lowest BCUT2D eigenvalue weighted by Gasteiger charge is -2.70. The average molecular weight is 373 g/mol. The third kappa shape index (κ3) is 2.43. The summed E-state index contributed by atoms with van der Waals surface area (Å²) in [7, 11) is 0. The van der Waals surface area contributed by atoms with Gasteiger partial charge >= 0.3 is 6.09 Å². The highest BCUT2D eigenvalue weighted by molar-refractivity contribution is 7.16. The van der Waals surface area contributed by atoms with E-state index in [2.05, 4.69) is 15.6 Å². The largest absolute Gasteiger partial charge is 0.488 e. The predicted octanol–water partition coefficient (Wildman–Crippen LogP) is 2.51. The lowest BCUT2D eigenvalue weighted by molar-refractivity contribution is -0.148. The van der Waals surface area contributed by atoms with Gasteiger partial charge in [-0.15, -0.1) is 11.3 Å². The van der Waals surface area contributed by atoms with Crippen LogP contribution in [0.3, 0.4) is 0 Å². The molecule has 2 bridgehead atoms. The fourth-order valence-electron chi connectivity index (χ4n) is 4.65. The van der Waals surface area contributed by atoms with Crippen LogP contribution in [-0.2, 0) is 4.79 Å². The van der Waals surface area contributed by atoms with E-state index in [0.717, 1.165) is 16.0 Å². The Hall–Kier alpha value is -2.35. The summed E-state index contributed by atoms with van der Waals surface area (Å²) in [4.78, 5) is 27.5. The van der Waals surface area contributed by atoms with Crippen molar-refractivity contribution in [1.82, 2.24) is 15.6 Å². The summed E-state index contributed by atoms with van der Waals surface area (Å²) in [5.74, 6) is 0.834. The summed E-state index contributed by atoms with van der Waals surface area (Å²) in [6.07, 6.45) is 2.59. The van der Waals surface area contributed by atoms with E-state index in [1.54, 1.807) is 11.3 Å². The Morgan fingerprint density at radius 1 is 1.19 bits per heavy atom. The van der Waals surface area contributed by atoms with E-state index in [-0.39, 0.29) is 29.0 Å². The molecule has 26 heavy (non-hydrogen) atoms. The van der Waals surface area contributed by atoms with Crippen LogP contribution in [0.4, 0.5) is 4.79 Å². The van der Waals surface area contributed by atoms with Crippen molar-refractivity contribution in [3.8, 4) is 5.75 Å². The highest BCUT2D eigenvalue weighted by Crippen LogP contribution is 2.60. The molecule has 8 heteroatoms. The number of thiazole rings is 1. The van der Waals surface area contributed by atoms with Crippen molar-refractivity contribution in [1.29, 1.82) is 0 Å². The molecule has 4 fully saturated rings. The Morgan fingerprint density at radius 3 is 2.65 bits per heavy atom. The van der Waals surface area contributed by atoms with E-state index in [4.69, 9.17) is 9.84 Å². The van der Waals surface area contributed by atoms with Gasteiger partial charge in [-0.2, -0.15) is 0 Å². The van der Waals surface area contributed by atoms with Gasteiger partial charge in [-0.3, -0.25) is 4.79 Å². The molecule has 1 aromatic heterocycles. The summed E-state index contributed by atoms with van der Waals surface area (Å²) in [6, 6.07) is 5.90. The van der Waals surface area contributed by atoms with Gasteiger partial charge in [-0.25, -0.2) is 9.78 Å². The molecule has 0 spiro atoms. The van der Waals surface area contributed by atoms with Crippen LogP contribution in [-0.4, -0.2) is 39.3 Å². The molecular formula is C18H19N3O4S. The number of carboxylic acid groups (broad SMARTS) is 1. The van der Waals surface area contributed by atoms with Gasteiger partial charge in [-0.1, -0.05) is 6.07 Å². The van der Waals surface area contributed by atoms with Gasteiger partial charge in [0.15, 0.2) is 0 Å². The summed E-state index contributed by atoms with van der Waals surface area (Å²) in [5.41, 5.74) is 2.22. The third-order valence-electron chi connectivity index (χ3n) is 5.87. The molecular weight excluding hydrogens is 354 g/mol. The number of amides is 2. The van der Waals surface area contributed by atoms with Crippen LogP contribution in [0, 0.1) is 5.92 Å². The zero-order chi connectivity index (χ0) is 17.9. The van der Waals surface area contributed by atoms with Crippen molar-refractivity contribution in [2.24, 2.45) is 5.92 Å². The topological polar surface area (TPSA) is 101 Å². The van der Waals surface area contributed by atoms with Crippen LogP contribution in [0.25, 0.3) is 10.2 Å². The second-order valence-electron chi connectivity index (χ2n) is 7.87. The lowest BCUT2D eigenvalue weighted by Crippen LogP contribution is -2.84. The standard InChI is InChI=1S/C18H19N3O4S/c22-15(20-17-6-18(7-17,8-17)21-16(23)24)10-4-11(5-10)25-12-2-1-3-13-14(12)19-9-26-13/h1-3,9-11,21H,4-8H2,(H,20,22)(H,23,24). The number of ether oxygens (including phenoxy) is 1. The number of hydrogen-bond donors (Lipinski definition) is 3. The number of nitrogens with one attached hydrogen (secondary N) is 2. The first-order chi connectivity index (χ1) is 12.5. The second-order valence-corrected chi connectivity index (χ2v) is 8.76. The first kappa shape index (κ1) is 15.9. The number of carbonyl (C=O) groups excluding carboxylic acids is 1. The van der Waals surface area contributed by atoms with Crippen molar-refractivity contribution in [3.05, 3.63) is 23.7 Å². The van der Waals surface area contributed by atoms with Gasteiger partial charge in [0.1, 0.15) is 17.4 Å². The molecule has 7 nitrogen and oxygen atoms in total. The van der Waals surface area contributed by atoms with Crippen LogP contribution >= 0.6 is 11.3 Å². The minimum Gasteiger partial charge on any atom is -0.488 e. The highest BCUT2D eigenvalue weighted by Gasteiger charge is 2.69. The van der Waals surface area contributed by atoms with E-state index in [9.17, 15) is 9.59 Å². The van der Waals surface area contributed by atoms with Crippen molar-refractivity contribution in [3.63, 3.8) is 0 Å². The number of para-hydroxylation sites is 1. The van der Waals surface area contributed by atoms with E-state index in [1.165, 1.54) is 0 Å². The number of benzene rings is 1. The Bertz CT molecular complexity index is 885. The molecule has 0 atom stereocenters. The highest BCUT2D eigenvalue weighted by atomic mass is 32.1.